The van der Waals surface area contributed by atoms with Gasteiger partial charge in [-0.25, -0.2) is 4.39 Å². The second-order valence-electron chi connectivity index (χ2n) is 4.45. The van der Waals surface area contributed by atoms with Crippen LogP contribution < -0.4 is 5.32 Å². The molecule has 1 atom stereocenters. The molecule has 2 nitrogen and oxygen atoms in total. The minimum Gasteiger partial charge on any atom is -0.314 e. The monoisotopic (exact) mass is 255 g/mol. The lowest BCUT2D eigenvalue weighted by molar-refractivity contribution is -0.118. The first-order valence-electron chi connectivity index (χ1n) is 5.84. The van der Waals surface area contributed by atoms with Gasteiger partial charge in [-0.3, -0.25) is 4.79 Å². The molecule has 1 aromatic rings. The smallest absolute Gasteiger partial charge is 0.138 e. The van der Waals surface area contributed by atoms with Gasteiger partial charge in [0.1, 0.15) is 11.6 Å². The summed E-state index contributed by atoms with van der Waals surface area (Å²) in [4.78, 5) is 11.8. The number of ketones is 1. The molecule has 0 aromatic heterocycles. The summed E-state index contributed by atoms with van der Waals surface area (Å²) in [6, 6.07) is 4.72. The van der Waals surface area contributed by atoms with Crippen molar-refractivity contribution in [1.82, 2.24) is 5.32 Å². The lowest BCUT2D eigenvalue weighted by Gasteiger charge is -2.09. The Labute approximate surface area is 105 Å². The fourth-order valence-electron chi connectivity index (χ4n) is 2.16. The Morgan fingerprint density at radius 1 is 1.53 bits per heavy atom. The number of rotatable bonds is 4. The summed E-state index contributed by atoms with van der Waals surface area (Å²) in [6.07, 6.45) is 2.80. The van der Waals surface area contributed by atoms with Crippen LogP contribution in [0, 0.1) is 5.82 Å². The van der Waals surface area contributed by atoms with E-state index in [0.29, 0.717) is 17.0 Å². The quantitative estimate of drug-likeness (QED) is 0.896. The van der Waals surface area contributed by atoms with Crippen LogP contribution in [0.5, 0.6) is 0 Å². The highest BCUT2D eigenvalue weighted by molar-refractivity contribution is 6.30. The predicted molar refractivity (Wildman–Crippen MR) is 65.8 cm³/mol. The van der Waals surface area contributed by atoms with Gasteiger partial charge in [-0.15, -0.1) is 0 Å². The predicted octanol–water partition coefficient (Wildman–Crippen LogP) is 2.73. The molecule has 0 saturated carbocycles. The standard InChI is InChI=1S/C13H15ClFNO/c14-10-4-3-9(13(15)7-10)6-12(17)8-11-2-1-5-16-11/h3-4,7,11,16H,1-2,5-6,8H2. The van der Waals surface area contributed by atoms with Gasteiger partial charge in [-0.1, -0.05) is 17.7 Å². The summed E-state index contributed by atoms with van der Waals surface area (Å²) >= 11 is 5.66. The van der Waals surface area contributed by atoms with Gasteiger partial charge in [0.05, 0.1) is 0 Å². The maximum atomic E-state index is 13.5. The molecule has 92 valence electrons. The Balaban J connectivity index is 1.93. The maximum Gasteiger partial charge on any atom is 0.138 e. The van der Waals surface area contributed by atoms with Crippen LogP contribution in [0.1, 0.15) is 24.8 Å². The third kappa shape index (κ3) is 3.51. The molecule has 1 N–H and O–H groups in total. The molecule has 0 spiro atoms. The summed E-state index contributed by atoms with van der Waals surface area (Å²) in [6.45, 7) is 0.979. The van der Waals surface area contributed by atoms with Gasteiger partial charge in [0.2, 0.25) is 0 Å². The minimum atomic E-state index is -0.398. The summed E-state index contributed by atoms with van der Waals surface area (Å²) in [5.74, 6) is -0.323. The number of nitrogens with one attached hydrogen (secondary N) is 1. The van der Waals surface area contributed by atoms with E-state index < -0.39 is 5.82 Å². The molecule has 1 aliphatic heterocycles. The van der Waals surface area contributed by atoms with E-state index in [1.807, 2.05) is 0 Å². The number of carbonyl (C=O) groups excluding carboxylic acids is 1. The normalized spacial score (nSPS) is 19.5. The van der Waals surface area contributed by atoms with Crippen LogP contribution in [0.3, 0.4) is 0 Å². The highest BCUT2D eigenvalue weighted by Gasteiger charge is 2.18. The van der Waals surface area contributed by atoms with Crippen molar-refractivity contribution < 1.29 is 9.18 Å². The second-order valence-corrected chi connectivity index (χ2v) is 4.89. The van der Waals surface area contributed by atoms with Crippen molar-refractivity contribution in [2.75, 3.05) is 6.54 Å². The number of hydrogen-bond acceptors (Lipinski definition) is 2. The van der Waals surface area contributed by atoms with Gasteiger partial charge >= 0.3 is 0 Å². The molecule has 1 unspecified atom stereocenters. The fraction of sp³-hybridized carbons (Fsp3) is 0.462. The largest absolute Gasteiger partial charge is 0.314 e. The summed E-state index contributed by atoms with van der Waals surface area (Å²) in [5, 5.41) is 3.62. The lowest BCUT2D eigenvalue weighted by Crippen LogP contribution is -2.25. The molecule has 4 heteroatoms. The topological polar surface area (TPSA) is 29.1 Å². The van der Waals surface area contributed by atoms with Crippen LogP contribution in [-0.4, -0.2) is 18.4 Å². The molecule has 2 rings (SSSR count). The second kappa shape index (κ2) is 5.61. The molecular weight excluding hydrogens is 241 g/mol. The van der Waals surface area contributed by atoms with Crippen molar-refractivity contribution in [3.63, 3.8) is 0 Å². The highest BCUT2D eigenvalue weighted by atomic mass is 35.5. The maximum absolute atomic E-state index is 13.5. The average Bonchev–Trinajstić information content (AvgIpc) is 2.75. The first-order chi connectivity index (χ1) is 8.15. The average molecular weight is 256 g/mol. The van der Waals surface area contributed by atoms with Crippen LogP contribution in [0.25, 0.3) is 0 Å². The van der Waals surface area contributed by atoms with Gasteiger partial charge < -0.3 is 5.32 Å². The number of halogens is 2. The zero-order valence-corrected chi connectivity index (χ0v) is 10.3. The van der Waals surface area contributed by atoms with Gasteiger partial charge in [0, 0.05) is 23.9 Å². The van der Waals surface area contributed by atoms with Crippen LogP contribution in [0.4, 0.5) is 4.39 Å². The summed E-state index contributed by atoms with van der Waals surface area (Å²) < 4.78 is 13.5. The van der Waals surface area contributed by atoms with Crippen LogP contribution in [0.15, 0.2) is 18.2 Å². The Morgan fingerprint density at radius 3 is 3.00 bits per heavy atom. The van der Waals surface area contributed by atoms with Crippen molar-refractivity contribution in [2.45, 2.75) is 31.7 Å². The van der Waals surface area contributed by atoms with Crippen molar-refractivity contribution in [3.8, 4) is 0 Å². The van der Waals surface area contributed by atoms with Crippen LogP contribution >= 0.6 is 11.6 Å². The van der Waals surface area contributed by atoms with E-state index >= 15 is 0 Å². The molecule has 0 radical (unpaired) electrons. The Morgan fingerprint density at radius 2 is 2.35 bits per heavy atom. The molecule has 0 aliphatic carbocycles. The molecule has 1 aliphatic rings. The molecule has 0 amide bonds. The summed E-state index contributed by atoms with van der Waals surface area (Å²) in [7, 11) is 0. The van der Waals surface area contributed by atoms with Crippen molar-refractivity contribution in [1.29, 1.82) is 0 Å². The summed E-state index contributed by atoms with van der Waals surface area (Å²) in [5.41, 5.74) is 0.428. The first-order valence-corrected chi connectivity index (χ1v) is 6.22. The SMILES string of the molecule is O=C(Cc1ccc(Cl)cc1F)CC1CCCN1. The van der Waals surface area contributed by atoms with E-state index in [-0.39, 0.29) is 18.2 Å². The van der Waals surface area contributed by atoms with Gasteiger partial charge in [-0.2, -0.15) is 0 Å². The van der Waals surface area contributed by atoms with Gasteiger partial charge in [0.25, 0.3) is 0 Å². The molecule has 17 heavy (non-hydrogen) atoms. The van der Waals surface area contributed by atoms with Crippen molar-refractivity contribution in [2.24, 2.45) is 0 Å². The van der Waals surface area contributed by atoms with E-state index in [2.05, 4.69) is 5.32 Å². The molecule has 1 heterocycles. The number of hydrogen-bond donors (Lipinski definition) is 1. The first kappa shape index (κ1) is 12.5. The van der Waals surface area contributed by atoms with E-state index in [1.165, 1.54) is 6.07 Å². The Hall–Kier alpha value is -0.930. The third-order valence-corrected chi connectivity index (χ3v) is 3.27. The lowest BCUT2D eigenvalue weighted by atomic mass is 10.0. The Bertz CT molecular complexity index is 416. The molecule has 1 fully saturated rings. The zero-order chi connectivity index (χ0) is 12.3. The van der Waals surface area contributed by atoms with Crippen molar-refractivity contribution in [3.05, 3.63) is 34.6 Å². The van der Waals surface area contributed by atoms with Crippen LogP contribution in [-0.2, 0) is 11.2 Å². The van der Waals surface area contributed by atoms with Crippen LogP contribution in [0.2, 0.25) is 5.02 Å². The van der Waals surface area contributed by atoms with E-state index in [1.54, 1.807) is 12.1 Å². The van der Waals surface area contributed by atoms with E-state index in [9.17, 15) is 9.18 Å². The van der Waals surface area contributed by atoms with Crippen molar-refractivity contribution >= 4 is 17.4 Å². The van der Waals surface area contributed by atoms with E-state index in [0.717, 1.165) is 19.4 Å². The zero-order valence-electron chi connectivity index (χ0n) is 9.51. The third-order valence-electron chi connectivity index (χ3n) is 3.04. The number of benzene rings is 1. The fourth-order valence-corrected chi connectivity index (χ4v) is 2.31. The number of carbonyl (C=O) groups is 1. The Kier molecular flexibility index (Phi) is 4.13. The molecule has 0 bridgehead atoms. The number of Topliss-reactive ketones (excluding diaryl/α,β-unsaturated/α-hetero) is 1. The van der Waals surface area contributed by atoms with E-state index in [4.69, 9.17) is 11.6 Å². The van der Waals surface area contributed by atoms with Gasteiger partial charge in [0.15, 0.2) is 0 Å². The highest BCUT2D eigenvalue weighted by Crippen LogP contribution is 2.17. The molecule has 1 saturated heterocycles. The minimum absolute atomic E-state index is 0.0747. The molecule has 1 aromatic carbocycles. The van der Waals surface area contributed by atoms with Gasteiger partial charge in [-0.05, 0) is 37.1 Å². The molecular formula is C13H15ClFNO.